The summed E-state index contributed by atoms with van der Waals surface area (Å²) in [6.07, 6.45) is 3.31. The molecule has 134 valence electrons. The first-order valence-corrected chi connectivity index (χ1v) is 10.1. The number of aromatic nitrogens is 1. The molecule has 1 aliphatic heterocycles. The number of nitrogens with zero attached hydrogens (tertiary/aromatic N) is 2. The van der Waals surface area contributed by atoms with Crippen molar-refractivity contribution >= 4 is 10.0 Å². The van der Waals surface area contributed by atoms with Crippen molar-refractivity contribution in [1.82, 2.24) is 8.87 Å². The molecule has 0 radical (unpaired) electrons. The monoisotopic (exact) mass is 360 g/mol. The largest absolute Gasteiger partial charge is 0.310 e. The van der Waals surface area contributed by atoms with Gasteiger partial charge in [-0.25, -0.2) is 8.42 Å². The number of sulfonamides is 1. The van der Waals surface area contributed by atoms with Crippen LogP contribution in [0.4, 0.5) is 0 Å². The third-order valence-corrected chi connectivity index (χ3v) is 6.69. The van der Waals surface area contributed by atoms with E-state index in [9.17, 15) is 13.2 Å². The summed E-state index contributed by atoms with van der Waals surface area (Å²) in [5.74, 6) is 0.528. The summed E-state index contributed by atoms with van der Waals surface area (Å²) in [5, 5.41) is 0. The van der Waals surface area contributed by atoms with Crippen LogP contribution in [0.15, 0.2) is 52.3 Å². The molecule has 0 atom stereocenters. The molecule has 6 heteroatoms. The van der Waals surface area contributed by atoms with Gasteiger partial charge in [0.25, 0.3) is 5.56 Å². The fourth-order valence-corrected chi connectivity index (χ4v) is 4.77. The Balaban J connectivity index is 1.92. The van der Waals surface area contributed by atoms with Crippen molar-refractivity contribution in [1.29, 1.82) is 0 Å². The second-order valence-corrected chi connectivity index (χ2v) is 8.79. The summed E-state index contributed by atoms with van der Waals surface area (Å²) in [6, 6.07) is 10.9. The molecule has 0 bridgehead atoms. The maximum absolute atomic E-state index is 12.9. The molecule has 1 fully saturated rings. The van der Waals surface area contributed by atoms with E-state index in [1.54, 1.807) is 12.3 Å². The molecule has 1 aromatic carbocycles. The van der Waals surface area contributed by atoms with Crippen LogP contribution in [0.2, 0.25) is 0 Å². The van der Waals surface area contributed by atoms with Crippen LogP contribution >= 0.6 is 0 Å². The van der Waals surface area contributed by atoms with Crippen molar-refractivity contribution in [2.45, 2.75) is 38.1 Å². The predicted molar refractivity (Wildman–Crippen MR) is 98.1 cm³/mol. The van der Waals surface area contributed by atoms with Crippen molar-refractivity contribution in [3.8, 4) is 0 Å². The van der Waals surface area contributed by atoms with Crippen LogP contribution in [0.5, 0.6) is 0 Å². The second-order valence-electron chi connectivity index (χ2n) is 6.88. The highest BCUT2D eigenvalue weighted by molar-refractivity contribution is 7.89. The number of pyridine rings is 1. The average molecular weight is 360 g/mol. The third kappa shape index (κ3) is 3.85. The topological polar surface area (TPSA) is 59.4 Å². The lowest BCUT2D eigenvalue weighted by Crippen LogP contribution is -2.40. The molecule has 0 saturated carbocycles. The first-order chi connectivity index (χ1) is 11.9. The lowest BCUT2D eigenvalue weighted by molar-refractivity contribution is 0.287. The Hall–Kier alpha value is -1.92. The number of aryl methyl sites for hydroxylation is 1. The van der Waals surface area contributed by atoms with Gasteiger partial charge in [0.15, 0.2) is 0 Å². The van der Waals surface area contributed by atoms with Gasteiger partial charge in [0.2, 0.25) is 10.0 Å². The quantitative estimate of drug-likeness (QED) is 0.842. The van der Waals surface area contributed by atoms with E-state index in [2.05, 4.69) is 6.92 Å². The third-order valence-electron chi connectivity index (χ3n) is 4.78. The highest BCUT2D eigenvalue weighted by atomic mass is 32.2. The Labute approximate surface area is 149 Å². The molecule has 1 saturated heterocycles. The van der Waals surface area contributed by atoms with Gasteiger partial charge >= 0.3 is 0 Å². The van der Waals surface area contributed by atoms with Crippen LogP contribution in [0, 0.1) is 12.8 Å². The molecule has 2 aromatic rings. The van der Waals surface area contributed by atoms with Gasteiger partial charge in [0, 0.05) is 19.3 Å². The first kappa shape index (κ1) is 17.9. The van der Waals surface area contributed by atoms with Gasteiger partial charge in [-0.05, 0) is 43.4 Å². The van der Waals surface area contributed by atoms with E-state index >= 15 is 0 Å². The van der Waals surface area contributed by atoms with E-state index in [0.717, 1.165) is 24.0 Å². The van der Waals surface area contributed by atoms with Gasteiger partial charge in [-0.15, -0.1) is 0 Å². The second kappa shape index (κ2) is 7.14. The molecule has 2 heterocycles. The summed E-state index contributed by atoms with van der Waals surface area (Å²) in [5.41, 5.74) is 1.63. The van der Waals surface area contributed by atoms with Gasteiger partial charge in [0.05, 0.1) is 6.54 Å². The van der Waals surface area contributed by atoms with Crippen molar-refractivity contribution in [2.75, 3.05) is 13.1 Å². The van der Waals surface area contributed by atoms with Gasteiger partial charge in [-0.2, -0.15) is 4.31 Å². The summed E-state index contributed by atoms with van der Waals surface area (Å²) in [6.45, 7) is 5.44. The van der Waals surface area contributed by atoms with Gasteiger partial charge < -0.3 is 4.57 Å². The zero-order chi connectivity index (χ0) is 18.0. The minimum Gasteiger partial charge on any atom is -0.310 e. The molecule has 0 amide bonds. The minimum atomic E-state index is -3.74. The molecule has 1 aromatic heterocycles. The van der Waals surface area contributed by atoms with E-state index in [1.165, 1.54) is 14.9 Å². The van der Waals surface area contributed by atoms with Crippen LogP contribution in [-0.2, 0) is 16.6 Å². The Morgan fingerprint density at radius 2 is 1.84 bits per heavy atom. The van der Waals surface area contributed by atoms with Crippen LogP contribution in [0.25, 0.3) is 0 Å². The number of hydrogen-bond donors (Lipinski definition) is 0. The summed E-state index contributed by atoms with van der Waals surface area (Å²) in [7, 11) is -3.74. The van der Waals surface area contributed by atoms with E-state index in [1.807, 2.05) is 31.2 Å². The molecular formula is C19H24N2O3S. The van der Waals surface area contributed by atoms with E-state index in [0.29, 0.717) is 25.6 Å². The van der Waals surface area contributed by atoms with Crippen LogP contribution < -0.4 is 5.56 Å². The zero-order valence-electron chi connectivity index (χ0n) is 14.7. The molecule has 0 unspecified atom stereocenters. The van der Waals surface area contributed by atoms with Crippen LogP contribution in [0.1, 0.15) is 30.9 Å². The standard InChI is InChI=1S/C19H24N2O3S/c1-15-8-11-21(12-9-15)25(23,24)18-7-4-10-20(19(18)22)14-17-6-3-5-16(2)13-17/h3-7,10,13,15H,8-9,11-12,14H2,1-2H3. The van der Waals surface area contributed by atoms with Crippen molar-refractivity contribution in [3.63, 3.8) is 0 Å². The fraction of sp³-hybridized carbons (Fsp3) is 0.421. The molecule has 0 spiro atoms. The number of rotatable bonds is 4. The van der Waals surface area contributed by atoms with E-state index in [4.69, 9.17) is 0 Å². The predicted octanol–water partition coefficient (Wildman–Crippen LogP) is 2.63. The molecule has 3 rings (SSSR count). The number of benzene rings is 1. The Morgan fingerprint density at radius 3 is 2.52 bits per heavy atom. The van der Waals surface area contributed by atoms with Gasteiger partial charge in [-0.3, -0.25) is 4.79 Å². The molecule has 1 aliphatic rings. The van der Waals surface area contributed by atoms with E-state index in [-0.39, 0.29) is 4.90 Å². The van der Waals surface area contributed by atoms with Gasteiger partial charge in [0.1, 0.15) is 4.90 Å². The lowest BCUT2D eigenvalue weighted by Gasteiger charge is -2.29. The van der Waals surface area contributed by atoms with E-state index < -0.39 is 15.6 Å². The van der Waals surface area contributed by atoms with Gasteiger partial charge in [-0.1, -0.05) is 36.8 Å². The SMILES string of the molecule is Cc1cccc(Cn2cccc(S(=O)(=O)N3CCC(C)CC3)c2=O)c1. The smallest absolute Gasteiger partial charge is 0.271 e. The Bertz CT molecular complexity index is 910. The average Bonchev–Trinajstić information content (AvgIpc) is 2.57. The Kier molecular flexibility index (Phi) is 5.11. The summed E-state index contributed by atoms with van der Waals surface area (Å²) in [4.78, 5) is 12.6. The maximum Gasteiger partial charge on any atom is 0.271 e. The zero-order valence-corrected chi connectivity index (χ0v) is 15.5. The summed E-state index contributed by atoms with van der Waals surface area (Å²) >= 11 is 0. The highest BCUT2D eigenvalue weighted by Crippen LogP contribution is 2.21. The molecular weight excluding hydrogens is 336 g/mol. The van der Waals surface area contributed by atoms with Crippen molar-refractivity contribution in [3.05, 3.63) is 64.1 Å². The molecule has 5 nitrogen and oxygen atoms in total. The number of piperidine rings is 1. The molecule has 0 N–H and O–H groups in total. The maximum atomic E-state index is 12.9. The van der Waals surface area contributed by atoms with Crippen LogP contribution in [0.3, 0.4) is 0 Å². The Morgan fingerprint density at radius 1 is 1.12 bits per heavy atom. The summed E-state index contributed by atoms with van der Waals surface area (Å²) < 4.78 is 28.7. The fourth-order valence-electron chi connectivity index (χ4n) is 3.21. The molecule has 0 aliphatic carbocycles. The number of hydrogen-bond acceptors (Lipinski definition) is 3. The molecule has 25 heavy (non-hydrogen) atoms. The minimum absolute atomic E-state index is 0.128. The van der Waals surface area contributed by atoms with Crippen molar-refractivity contribution < 1.29 is 8.42 Å². The normalized spacial score (nSPS) is 16.9. The van der Waals surface area contributed by atoms with Crippen LogP contribution in [-0.4, -0.2) is 30.4 Å². The lowest BCUT2D eigenvalue weighted by atomic mass is 10.0. The highest BCUT2D eigenvalue weighted by Gasteiger charge is 2.30. The first-order valence-electron chi connectivity index (χ1n) is 8.63. The van der Waals surface area contributed by atoms with Crippen molar-refractivity contribution in [2.24, 2.45) is 5.92 Å².